The maximum Gasteiger partial charge on any atom is 0.303 e. The minimum Gasteiger partial charge on any atom is -0.463 e. The fourth-order valence-corrected chi connectivity index (χ4v) is 6.57. The number of carbonyl (C=O) groups is 2. The van der Waals surface area contributed by atoms with E-state index in [1.54, 1.807) is 13.8 Å². The van der Waals surface area contributed by atoms with E-state index in [2.05, 4.69) is 20.7 Å². The molecular weight excluding hydrogens is 786 g/mol. The van der Waals surface area contributed by atoms with Crippen LogP contribution in [0.3, 0.4) is 0 Å². The van der Waals surface area contributed by atoms with Gasteiger partial charge in [0.15, 0.2) is 24.5 Å². The second-order valence-electron chi connectivity index (χ2n) is 13.4. The van der Waals surface area contributed by atoms with Crippen LogP contribution in [0.2, 0.25) is 0 Å². The summed E-state index contributed by atoms with van der Waals surface area (Å²) in [6.07, 6.45) is -9.86. The summed E-state index contributed by atoms with van der Waals surface area (Å²) in [5.74, 6) is -2.91. The molecule has 0 aliphatic carbocycles. The number of anilines is 2. The molecule has 2 aromatic carbocycles. The third kappa shape index (κ3) is 9.60. The van der Waals surface area contributed by atoms with Crippen molar-refractivity contribution in [2.45, 2.75) is 94.7 Å². The number of hydrogen-bond donors (Lipinski definition) is 3. The summed E-state index contributed by atoms with van der Waals surface area (Å²) in [5, 5.41) is 68.0. The molecule has 0 amide bonds. The van der Waals surface area contributed by atoms with E-state index >= 15 is 0 Å². The Morgan fingerprint density at radius 2 is 1.47 bits per heavy atom. The molecule has 3 N–H and O–H groups in total. The lowest BCUT2D eigenvalue weighted by atomic mass is 9.92. The molecule has 0 aromatic heterocycles. The van der Waals surface area contributed by atoms with Gasteiger partial charge in [0, 0.05) is 30.9 Å². The summed E-state index contributed by atoms with van der Waals surface area (Å²) >= 11 is 0. The first kappa shape index (κ1) is 42.8. The number of aliphatic hydroxyl groups is 1. The van der Waals surface area contributed by atoms with Crippen LogP contribution in [0.15, 0.2) is 41.5 Å². The Bertz CT molecular complexity index is 2010. The van der Waals surface area contributed by atoms with Crippen LogP contribution in [0.4, 0.5) is 34.1 Å². The number of azide groups is 1. The van der Waals surface area contributed by atoms with Crippen LogP contribution in [0.5, 0.6) is 0 Å². The highest BCUT2D eigenvalue weighted by Crippen LogP contribution is 2.41. The molecule has 3 heterocycles. The van der Waals surface area contributed by atoms with E-state index < -0.39 is 146 Å². The Morgan fingerprint density at radius 3 is 1.97 bits per heavy atom. The number of non-ortho nitro benzene ring substituents is 2. The zero-order valence-corrected chi connectivity index (χ0v) is 30.7. The highest BCUT2D eigenvalue weighted by molar-refractivity contribution is 5.69. The number of esters is 2. The van der Waals surface area contributed by atoms with Gasteiger partial charge in [-0.1, -0.05) is 5.11 Å². The summed E-state index contributed by atoms with van der Waals surface area (Å²) in [6, 6.07) is 0.727. The first-order valence-electron chi connectivity index (χ1n) is 17.0. The van der Waals surface area contributed by atoms with E-state index in [4.69, 9.17) is 33.2 Å². The highest BCUT2D eigenvalue weighted by atomic mass is 16.8. The summed E-state index contributed by atoms with van der Waals surface area (Å²) < 4.78 is 40.2. The molecule has 27 nitrogen and oxygen atoms in total. The van der Waals surface area contributed by atoms with Gasteiger partial charge in [-0.25, -0.2) is 0 Å². The maximum absolute atomic E-state index is 12.5. The summed E-state index contributed by atoms with van der Waals surface area (Å²) in [5.41, 5.74) is 5.44. The van der Waals surface area contributed by atoms with Gasteiger partial charge in [-0.15, -0.1) is 0 Å². The molecule has 0 radical (unpaired) electrons. The molecule has 3 aliphatic rings. The Morgan fingerprint density at radius 1 is 0.897 bits per heavy atom. The normalized spacial score (nSPS) is 27.6. The monoisotopic (exact) mass is 821 g/mol. The molecule has 58 heavy (non-hydrogen) atoms. The molecule has 0 spiro atoms. The summed E-state index contributed by atoms with van der Waals surface area (Å²) in [4.78, 5) is 71.0. The number of carbonyl (C=O) groups excluding carboxylic acids is 2. The number of rotatable bonds is 16. The number of nitro benzene ring substituents is 4. The number of fused-ring (bicyclic) bond motifs is 1. The predicted octanol–water partition coefficient (Wildman–Crippen LogP) is 2.73. The summed E-state index contributed by atoms with van der Waals surface area (Å²) in [7, 11) is 0. The average Bonchev–Trinajstić information content (AvgIpc) is 3.62. The van der Waals surface area contributed by atoms with Crippen molar-refractivity contribution in [2.24, 2.45) is 5.11 Å². The van der Waals surface area contributed by atoms with E-state index in [0.29, 0.717) is 12.1 Å². The first-order chi connectivity index (χ1) is 27.3. The summed E-state index contributed by atoms with van der Waals surface area (Å²) in [6.45, 7) is 3.82. The van der Waals surface area contributed by atoms with E-state index in [-0.39, 0.29) is 0 Å². The van der Waals surface area contributed by atoms with Gasteiger partial charge >= 0.3 is 11.9 Å². The van der Waals surface area contributed by atoms with Crippen LogP contribution >= 0.6 is 0 Å². The second-order valence-corrected chi connectivity index (χ2v) is 13.4. The van der Waals surface area contributed by atoms with Crippen LogP contribution in [0.25, 0.3) is 10.4 Å². The molecule has 5 rings (SSSR count). The molecule has 2 aromatic rings. The molecule has 3 fully saturated rings. The molecular formula is C31H35N9O18. The lowest BCUT2D eigenvalue weighted by Crippen LogP contribution is -2.65. The van der Waals surface area contributed by atoms with E-state index in [1.165, 1.54) is 0 Å². The van der Waals surface area contributed by atoms with Crippen molar-refractivity contribution in [2.75, 3.05) is 23.8 Å². The second kappa shape index (κ2) is 17.4. The predicted molar refractivity (Wildman–Crippen MR) is 189 cm³/mol. The molecule has 312 valence electrons. The van der Waals surface area contributed by atoms with Crippen molar-refractivity contribution < 1.29 is 67.5 Å². The minimum atomic E-state index is -1.77. The topological polar surface area (TPSA) is 364 Å². The van der Waals surface area contributed by atoms with Gasteiger partial charge in [0.1, 0.15) is 48.4 Å². The van der Waals surface area contributed by atoms with Crippen LogP contribution < -0.4 is 10.6 Å². The number of nitrogens with one attached hydrogen (secondary N) is 2. The molecule has 10 atom stereocenters. The van der Waals surface area contributed by atoms with Gasteiger partial charge in [0.2, 0.25) is 0 Å². The number of benzene rings is 2. The number of hydrogen-bond acceptors (Lipinski definition) is 21. The molecule has 27 heteroatoms. The van der Waals surface area contributed by atoms with Crippen molar-refractivity contribution in [3.05, 3.63) is 87.3 Å². The van der Waals surface area contributed by atoms with Crippen LogP contribution in [-0.4, -0.2) is 117 Å². The molecule has 3 aliphatic heterocycles. The van der Waals surface area contributed by atoms with Crippen molar-refractivity contribution >= 4 is 46.1 Å². The molecule has 0 unspecified atom stereocenters. The van der Waals surface area contributed by atoms with Crippen LogP contribution in [0, 0.1) is 40.5 Å². The van der Waals surface area contributed by atoms with Gasteiger partial charge in [-0.3, -0.25) is 50.0 Å². The number of ether oxygens (including phenoxy) is 7. The van der Waals surface area contributed by atoms with Crippen LogP contribution in [-0.2, 0) is 42.7 Å². The largest absolute Gasteiger partial charge is 0.463 e. The van der Waals surface area contributed by atoms with Crippen molar-refractivity contribution in [1.82, 2.24) is 0 Å². The van der Waals surface area contributed by atoms with Gasteiger partial charge in [0.25, 0.3) is 22.7 Å². The third-order valence-corrected chi connectivity index (χ3v) is 8.93. The van der Waals surface area contributed by atoms with Crippen molar-refractivity contribution in [3.63, 3.8) is 0 Å². The highest BCUT2D eigenvalue weighted by Gasteiger charge is 2.57. The first-order valence-corrected chi connectivity index (χ1v) is 17.0. The average molecular weight is 822 g/mol. The zero-order valence-electron chi connectivity index (χ0n) is 30.7. The number of nitrogens with zero attached hydrogens (tertiary/aromatic N) is 7. The number of aliphatic hydroxyl groups excluding tert-OH is 1. The number of nitro groups is 4. The zero-order chi connectivity index (χ0) is 42.6. The molecule has 0 bridgehead atoms. The Kier molecular flexibility index (Phi) is 12.9. The van der Waals surface area contributed by atoms with Gasteiger partial charge < -0.3 is 48.9 Å². The lowest BCUT2D eigenvalue weighted by molar-refractivity contribution is -0.394. The molecule has 3 saturated heterocycles. The van der Waals surface area contributed by atoms with Crippen molar-refractivity contribution in [3.8, 4) is 0 Å². The fourth-order valence-electron chi connectivity index (χ4n) is 6.57. The quantitative estimate of drug-likeness (QED) is 0.0547. The van der Waals surface area contributed by atoms with Crippen LogP contribution in [0.1, 0.15) is 27.7 Å². The van der Waals surface area contributed by atoms with Gasteiger partial charge in [-0.05, 0) is 31.5 Å². The SMILES string of the molecule is CC(=O)OC[C@H]1O[C@@H](OC[C@@H](O)[C@H]2O[C@@H]3OC(C)(C)O[C@@H]3[C@H]2N=[N+]=[N-])[C@H](Nc2ccc([N+](=O)[O-])cc2[N+](=O)[O-])[C@@H](Nc2ccc([N+](=O)[O-])cc2[N+](=O)[O-])[C@@H]1OC(C)=O. The fraction of sp³-hybridized carbons (Fsp3) is 0.548. The van der Waals surface area contributed by atoms with E-state index in [9.17, 15) is 60.7 Å². The lowest BCUT2D eigenvalue weighted by Gasteiger charge is -2.46. The molecule has 0 saturated carbocycles. The minimum absolute atomic E-state index is 0.402. The Labute approximate surface area is 324 Å². The smallest absolute Gasteiger partial charge is 0.303 e. The van der Waals surface area contributed by atoms with Gasteiger partial charge in [0.05, 0.1) is 50.5 Å². The maximum atomic E-state index is 12.5. The Balaban J connectivity index is 1.60. The van der Waals surface area contributed by atoms with Gasteiger partial charge in [-0.2, -0.15) is 0 Å². The standard InChI is InChI=1S/C31H35N9O18/c1-13(41)52-12-22-27(54-14(2)42)23(33-17-7-5-15(37(44)45)9-19(17)39(48)49)24(34-18-8-6-16(38(46)47)10-20(18)40(50)51)29(55-22)53-11-21(43)26-25(35-36-32)28-30(56-26)58-31(3,4)57-28/h5-10,21-30,33-34,43H,11-12H2,1-4H3/t21-,22-,23-,24-,25+,26-,27-,28-,29-,30-/m1/s1. The van der Waals surface area contributed by atoms with Crippen molar-refractivity contribution in [1.29, 1.82) is 0 Å². The van der Waals surface area contributed by atoms with E-state index in [1.807, 2.05) is 0 Å². The third-order valence-electron chi connectivity index (χ3n) is 8.93. The van der Waals surface area contributed by atoms with E-state index in [0.717, 1.165) is 38.1 Å². The Hall–Kier alpha value is -6.35.